The van der Waals surface area contributed by atoms with Crippen molar-refractivity contribution in [2.75, 3.05) is 34.5 Å². The van der Waals surface area contributed by atoms with E-state index in [1.54, 1.807) is 38.3 Å². The Kier molecular flexibility index (Phi) is 6.96. The van der Waals surface area contributed by atoms with E-state index in [4.69, 9.17) is 18.9 Å². The summed E-state index contributed by atoms with van der Waals surface area (Å²) in [5.74, 6) is 2.20. The van der Waals surface area contributed by atoms with E-state index in [0.717, 1.165) is 0 Å². The molecular weight excluding hydrogens is 402 g/mol. The average molecular weight is 427 g/mol. The molecule has 9 nitrogen and oxygen atoms in total. The zero-order chi connectivity index (χ0) is 22.4. The predicted octanol–water partition coefficient (Wildman–Crippen LogP) is 1.93. The maximum atomic E-state index is 12.9. The summed E-state index contributed by atoms with van der Waals surface area (Å²) in [4.78, 5) is 29.8. The van der Waals surface area contributed by atoms with Gasteiger partial charge in [0.15, 0.2) is 23.0 Å². The summed E-state index contributed by atoms with van der Waals surface area (Å²) in [5.41, 5.74) is 0.144. The van der Waals surface area contributed by atoms with E-state index in [2.05, 4.69) is 10.3 Å². The molecule has 0 radical (unpaired) electrons. The number of rotatable bonds is 9. The molecule has 1 heterocycles. The molecule has 31 heavy (non-hydrogen) atoms. The van der Waals surface area contributed by atoms with E-state index in [9.17, 15) is 9.59 Å². The Labute approximate surface area is 179 Å². The number of fused-ring (bicyclic) bond motifs is 1. The van der Waals surface area contributed by atoms with Crippen molar-refractivity contribution < 1.29 is 23.7 Å². The molecule has 3 aromatic rings. The molecule has 9 heteroatoms. The van der Waals surface area contributed by atoms with Gasteiger partial charge >= 0.3 is 0 Å². The van der Waals surface area contributed by atoms with Crippen LogP contribution in [0.1, 0.15) is 5.82 Å². The number of benzene rings is 2. The number of nitrogens with one attached hydrogen (secondary N) is 1. The number of carbonyl (C=O) groups excluding carboxylic acids is 1. The number of amides is 1. The van der Waals surface area contributed by atoms with E-state index in [-0.39, 0.29) is 31.2 Å². The van der Waals surface area contributed by atoms with Crippen LogP contribution in [0.25, 0.3) is 10.9 Å². The van der Waals surface area contributed by atoms with Crippen molar-refractivity contribution in [1.29, 1.82) is 0 Å². The monoisotopic (exact) mass is 427 g/mol. The van der Waals surface area contributed by atoms with Gasteiger partial charge in [0.1, 0.15) is 19.0 Å². The highest BCUT2D eigenvalue weighted by molar-refractivity contribution is 5.82. The van der Waals surface area contributed by atoms with Crippen LogP contribution in [0.3, 0.4) is 0 Å². The molecule has 2 aromatic carbocycles. The molecule has 0 saturated carbocycles. The number of methoxy groups -OCH3 is 3. The fourth-order valence-electron chi connectivity index (χ4n) is 3.13. The molecule has 0 aliphatic rings. The summed E-state index contributed by atoms with van der Waals surface area (Å²) < 4.78 is 22.7. The van der Waals surface area contributed by atoms with E-state index >= 15 is 0 Å². The van der Waals surface area contributed by atoms with Gasteiger partial charge in [0.05, 0.1) is 38.8 Å². The second-order valence-electron chi connectivity index (χ2n) is 6.62. The molecule has 0 fully saturated rings. The van der Waals surface area contributed by atoms with Crippen LogP contribution in [0.15, 0.2) is 41.2 Å². The molecule has 0 atom stereocenters. The number of nitrogens with zero attached hydrogens (tertiary/aromatic N) is 2. The lowest BCUT2D eigenvalue weighted by atomic mass is 10.2. The lowest BCUT2D eigenvalue weighted by Crippen LogP contribution is -2.35. The van der Waals surface area contributed by atoms with Gasteiger partial charge in [-0.3, -0.25) is 14.2 Å². The second-order valence-corrected chi connectivity index (χ2v) is 6.62. The van der Waals surface area contributed by atoms with Gasteiger partial charge in [-0.2, -0.15) is 0 Å². The zero-order valence-corrected chi connectivity index (χ0v) is 17.9. The molecule has 0 spiro atoms. The molecule has 0 saturated heterocycles. The van der Waals surface area contributed by atoms with Crippen molar-refractivity contribution in [3.05, 3.63) is 52.6 Å². The van der Waals surface area contributed by atoms with Gasteiger partial charge in [-0.05, 0) is 25.1 Å². The first-order valence-electron chi connectivity index (χ1n) is 9.64. The zero-order valence-electron chi connectivity index (χ0n) is 17.9. The highest BCUT2D eigenvalue weighted by Crippen LogP contribution is 2.30. The minimum atomic E-state index is -0.330. The third kappa shape index (κ3) is 4.88. The van der Waals surface area contributed by atoms with Crippen molar-refractivity contribution in [2.24, 2.45) is 0 Å². The van der Waals surface area contributed by atoms with Gasteiger partial charge < -0.3 is 24.3 Å². The largest absolute Gasteiger partial charge is 0.493 e. The topological polar surface area (TPSA) is 101 Å². The molecule has 3 rings (SSSR count). The fraction of sp³-hybridized carbons (Fsp3) is 0.318. The Hall–Kier alpha value is -3.75. The number of hydrogen-bond donors (Lipinski definition) is 1. The van der Waals surface area contributed by atoms with Crippen molar-refractivity contribution in [1.82, 2.24) is 14.9 Å². The van der Waals surface area contributed by atoms with Crippen LogP contribution in [0.4, 0.5) is 0 Å². The lowest BCUT2D eigenvalue weighted by molar-refractivity contribution is -0.121. The van der Waals surface area contributed by atoms with Crippen LogP contribution in [-0.4, -0.2) is 49.9 Å². The van der Waals surface area contributed by atoms with Crippen molar-refractivity contribution >= 4 is 16.8 Å². The van der Waals surface area contributed by atoms with Crippen LogP contribution < -0.4 is 29.8 Å². The summed E-state index contributed by atoms with van der Waals surface area (Å²) in [5, 5.41) is 3.09. The van der Waals surface area contributed by atoms with Crippen LogP contribution in [-0.2, 0) is 11.3 Å². The Morgan fingerprint density at radius 1 is 1.00 bits per heavy atom. The first kappa shape index (κ1) is 21.9. The molecule has 1 aromatic heterocycles. The lowest BCUT2D eigenvalue weighted by Gasteiger charge is -2.14. The first-order chi connectivity index (χ1) is 15.0. The maximum Gasteiger partial charge on any atom is 0.262 e. The fourth-order valence-corrected chi connectivity index (χ4v) is 3.13. The highest BCUT2D eigenvalue weighted by Gasteiger charge is 2.15. The third-order valence-electron chi connectivity index (χ3n) is 4.70. The van der Waals surface area contributed by atoms with E-state index < -0.39 is 0 Å². The Morgan fingerprint density at radius 2 is 1.65 bits per heavy atom. The molecule has 1 amide bonds. The molecule has 1 N–H and O–H groups in total. The smallest absolute Gasteiger partial charge is 0.262 e. The van der Waals surface area contributed by atoms with E-state index in [0.29, 0.717) is 39.7 Å². The van der Waals surface area contributed by atoms with Crippen molar-refractivity contribution in [2.45, 2.75) is 13.5 Å². The summed E-state index contributed by atoms with van der Waals surface area (Å²) >= 11 is 0. The van der Waals surface area contributed by atoms with Crippen molar-refractivity contribution in [3.63, 3.8) is 0 Å². The average Bonchev–Trinajstić information content (AvgIpc) is 2.78. The van der Waals surface area contributed by atoms with E-state index in [1.165, 1.54) is 18.8 Å². The van der Waals surface area contributed by atoms with Gasteiger partial charge in [-0.1, -0.05) is 12.1 Å². The highest BCUT2D eigenvalue weighted by atomic mass is 16.5. The predicted molar refractivity (Wildman–Crippen MR) is 115 cm³/mol. The minimum absolute atomic E-state index is 0.156. The Morgan fingerprint density at radius 3 is 2.32 bits per heavy atom. The van der Waals surface area contributed by atoms with Gasteiger partial charge in [0.2, 0.25) is 5.91 Å². The number of aromatic nitrogens is 2. The summed E-state index contributed by atoms with van der Waals surface area (Å²) in [7, 11) is 4.57. The van der Waals surface area contributed by atoms with Crippen molar-refractivity contribution in [3.8, 4) is 23.0 Å². The number of carbonyl (C=O) groups is 1. The Bertz CT molecular complexity index is 1140. The molecular formula is C22H25N3O6. The SMILES string of the molecule is COc1cc2nc(C)n(CC(=O)NCCOc3ccccc3OC)c(=O)c2cc1OC. The van der Waals surface area contributed by atoms with Crippen LogP contribution in [0, 0.1) is 6.92 Å². The van der Waals surface area contributed by atoms with Crippen LogP contribution in [0.5, 0.6) is 23.0 Å². The van der Waals surface area contributed by atoms with Gasteiger partial charge in [0, 0.05) is 6.07 Å². The molecule has 0 bridgehead atoms. The number of ether oxygens (including phenoxy) is 4. The van der Waals surface area contributed by atoms with Crippen LogP contribution in [0.2, 0.25) is 0 Å². The standard InChI is InChI=1S/C22H25N3O6/c1-14-24-16-12-20(30-4)19(29-3)11-15(16)22(27)25(14)13-21(26)23-9-10-31-18-8-6-5-7-17(18)28-2/h5-8,11-12H,9-10,13H2,1-4H3,(H,23,26). The van der Waals surface area contributed by atoms with Gasteiger partial charge in [-0.25, -0.2) is 4.98 Å². The third-order valence-corrected chi connectivity index (χ3v) is 4.70. The Balaban J connectivity index is 1.68. The summed E-state index contributed by atoms with van der Waals surface area (Å²) in [6.45, 7) is 2.05. The van der Waals surface area contributed by atoms with Gasteiger partial charge in [0.25, 0.3) is 5.56 Å². The normalized spacial score (nSPS) is 10.6. The maximum absolute atomic E-state index is 12.9. The number of para-hydroxylation sites is 2. The molecule has 0 unspecified atom stereocenters. The van der Waals surface area contributed by atoms with Gasteiger partial charge in [-0.15, -0.1) is 0 Å². The second kappa shape index (κ2) is 9.84. The minimum Gasteiger partial charge on any atom is -0.493 e. The van der Waals surface area contributed by atoms with E-state index in [1.807, 2.05) is 12.1 Å². The first-order valence-corrected chi connectivity index (χ1v) is 9.64. The molecule has 0 aliphatic heterocycles. The number of hydrogen-bond acceptors (Lipinski definition) is 7. The quantitative estimate of drug-likeness (QED) is 0.521. The van der Waals surface area contributed by atoms with Crippen LogP contribution >= 0.6 is 0 Å². The number of aryl methyl sites for hydroxylation is 1. The summed E-state index contributed by atoms with van der Waals surface area (Å²) in [6, 6.07) is 10.5. The molecule has 164 valence electrons. The molecule has 0 aliphatic carbocycles. The summed E-state index contributed by atoms with van der Waals surface area (Å²) in [6.07, 6.45) is 0.